The minimum absolute atomic E-state index is 0.0547. The first kappa shape index (κ1) is 13.4. The Labute approximate surface area is 115 Å². The monoisotopic (exact) mass is 266 g/mol. The highest BCUT2D eigenvalue weighted by atomic mass is 16.5. The molecule has 4 heteroatoms. The molecule has 3 rings (SSSR count). The summed E-state index contributed by atoms with van der Waals surface area (Å²) in [4.78, 5) is 12.3. The standard InChI is InChI=1S/C15H26N2O2/c16-15(6-8-19-9-7-15)14(18)17-13-10-12(13)11-4-2-1-3-5-11/h11-13H,1-10,16H2,(H,17,18). The SMILES string of the molecule is NC1(C(=O)NC2CC2C2CCCCC2)CCOCC1. The second-order valence-electron chi connectivity index (χ2n) is 6.65. The Morgan fingerprint density at radius 3 is 2.53 bits per heavy atom. The van der Waals surface area contributed by atoms with Gasteiger partial charge in [0.2, 0.25) is 5.91 Å². The van der Waals surface area contributed by atoms with Gasteiger partial charge >= 0.3 is 0 Å². The molecule has 19 heavy (non-hydrogen) atoms. The third-order valence-electron chi connectivity index (χ3n) is 5.25. The molecule has 0 aromatic carbocycles. The van der Waals surface area contributed by atoms with Crippen LogP contribution in [0.1, 0.15) is 51.4 Å². The molecule has 2 unspecified atom stereocenters. The molecule has 3 fully saturated rings. The molecule has 2 saturated carbocycles. The first-order chi connectivity index (χ1) is 9.19. The lowest BCUT2D eigenvalue weighted by Gasteiger charge is -2.32. The number of hydrogen-bond donors (Lipinski definition) is 2. The molecule has 3 N–H and O–H groups in total. The van der Waals surface area contributed by atoms with Crippen molar-refractivity contribution in [3.8, 4) is 0 Å². The highest BCUT2D eigenvalue weighted by Crippen LogP contribution is 2.44. The highest BCUT2D eigenvalue weighted by Gasteiger charge is 2.46. The molecule has 1 amide bonds. The van der Waals surface area contributed by atoms with Crippen LogP contribution < -0.4 is 11.1 Å². The largest absolute Gasteiger partial charge is 0.381 e. The molecule has 0 aromatic rings. The van der Waals surface area contributed by atoms with Crippen molar-refractivity contribution in [2.75, 3.05) is 13.2 Å². The summed E-state index contributed by atoms with van der Waals surface area (Å²) in [7, 11) is 0. The van der Waals surface area contributed by atoms with Crippen molar-refractivity contribution in [3.63, 3.8) is 0 Å². The van der Waals surface area contributed by atoms with Crippen molar-refractivity contribution in [1.29, 1.82) is 0 Å². The lowest BCUT2D eigenvalue weighted by molar-refractivity contribution is -0.130. The van der Waals surface area contributed by atoms with Crippen LogP contribution in [0.2, 0.25) is 0 Å². The van der Waals surface area contributed by atoms with Gasteiger partial charge in [-0.25, -0.2) is 0 Å². The number of nitrogens with one attached hydrogen (secondary N) is 1. The van der Waals surface area contributed by atoms with Crippen LogP contribution in [-0.4, -0.2) is 30.7 Å². The zero-order valence-corrected chi connectivity index (χ0v) is 11.7. The van der Waals surface area contributed by atoms with E-state index in [1.165, 1.54) is 38.5 Å². The number of nitrogens with two attached hydrogens (primary N) is 1. The van der Waals surface area contributed by atoms with Crippen molar-refractivity contribution in [2.24, 2.45) is 17.6 Å². The first-order valence-corrected chi connectivity index (χ1v) is 7.87. The van der Waals surface area contributed by atoms with Crippen molar-refractivity contribution in [2.45, 2.75) is 62.9 Å². The topological polar surface area (TPSA) is 64.4 Å². The van der Waals surface area contributed by atoms with Crippen LogP contribution in [0.25, 0.3) is 0 Å². The van der Waals surface area contributed by atoms with Gasteiger partial charge in [-0.3, -0.25) is 4.79 Å². The smallest absolute Gasteiger partial charge is 0.240 e. The molecule has 2 aliphatic carbocycles. The van der Waals surface area contributed by atoms with Crippen molar-refractivity contribution in [3.05, 3.63) is 0 Å². The maximum Gasteiger partial charge on any atom is 0.240 e. The summed E-state index contributed by atoms with van der Waals surface area (Å²) in [5.41, 5.74) is 5.53. The van der Waals surface area contributed by atoms with Gasteiger partial charge in [0.1, 0.15) is 0 Å². The summed E-state index contributed by atoms with van der Waals surface area (Å²) in [6.45, 7) is 1.22. The van der Waals surface area contributed by atoms with E-state index in [1.807, 2.05) is 0 Å². The molecule has 1 saturated heterocycles. The minimum atomic E-state index is -0.683. The van der Waals surface area contributed by atoms with Crippen molar-refractivity contribution in [1.82, 2.24) is 5.32 Å². The normalized spacial score (nSPS) is 34.8. The van der Waals surface area contributed by atoms with E-state index in [4.69, 9.17) is 10.5 Å². The Bertz CT molecular complexity index is 333. The average Bonchev–Trinajstić information content (AvgIpc) is 3.20. The predicted octanol–water partition coefficient (Wildman–Crippen LogP) is 1.58. The van der Waals surface area contributed by atoms with E-state index >= 15 is 0 Å². The fourth-order valence-corrected chi connectivity index (χ4v) is 3.74. The van der Waals surface area contributed by atoms with E-state index in [0.29, 0.717) is 32.1 Å². The van der Waals surface area contributed by atoms with Gasteiger partial charge < -0.3 is 15.8 Å². The highest BCUT2D eigenvalue weighted by molar-refractivity contribution is 5.86. The van der Waals surface area contributed by atoms with Gasteiger partial charge in [0, 0.05) is 19.3 Å². The molecular weight excluding hydrogens is 240 g/mol. The lowest BCUT2D eigenvalue weighted by atomic mass is 9.85. The Hall–Kier alpha value is -0.610. The zero-order chi connectivity index (χ0) is 13.3. The molecule has 0 radical (unpaired) electrons. The minimum Gasteiger partial charge on any atom is -0.381 e. The van der Waals surface area contributed by atoms with E-state index in [2.05, 4.69) is 5.32 Å². The van der Waals surface area contributed by atoms with E-state index < -0.39 is 5.54 Å². The summed E-state index contributed by atoms with van der Waals surface area (Å²) in [5.74, 6) is 1.63. The van der Waals surface area contributed by atoms with Crippen LogP contribution in [0.5, 0.6) is 0 Å². The third kappa shape index (κ3) is 2.95. The second kappa shape index (κ2) is 5.41. The van der Waals surface area contributed by atoms with Gasteiger partial charge in [-0.05, 0) is 31.1 Å². The van der Waals surface area contributed by atoms with Crippen molar-refractivity contribution < 1.29 is 9.53 Å². The number of ether oxygens (including phenoxy) is 1. The lowest BCUT2D eigenvalue weighted by Crippen LogP contribution is -2.57. The molecule has 4 nitrogen and oxygen atoms in total. The summed E-state index contributed by atoms with van der Waals surface area (Å²) in [6.07, 6.45) is 9.34. The van der Waals surface area contributed by atoms with Gasteiger partial charge in [0.25, 0.3) is 0 Å². The number of amides is 1. The fraction of sp³-hybridized carbons (Fsp3) is 0.933. The molecular formula is C15H26N2O2. The molecule has 0 bridgehead atoms. The van der Waals surface area contributed by atoms with Crippen molar-refractivity contribution >= 4 is 5.91 Å². The molecule has 3 aliphatic rings. The molecule has 1 heterocycles. The molecule has 1 aliphatic heterocycles. The molecule has 0 aromatic heterocycles. The van der Waals surface area contributed by atoms with E-state index in [0.717, 1.165) is 11.8 Å². The maximum absolute atomic E-state index is 12.3. The van der Waals surface area contributed by atoms with E-state index in [1.54, 1.807) is 0 Å². The number of carbonyl (C=O) groups excluding carboxylic acids is 1. The summed E-state index contributed by atoms with van der Waals surface area (Å²) < 4.78 is 5.29. The van der Waals surface area contributed by atoms with Gasteiger partial charge in [-0.15, -0.1) is 0 Å². The zero-order valence-electron chi connectivity index (χ0n) is 11.7. The van der Waals surface area contributed by atoms with Crippen LogP contribution in [0.4, 0.5) is 0 Å². The predicted molar refractivity (Wildman–Crippen MR) is 73.6 cm³/mol. The van der Waals surface area contributed by atoms with Gasteiger partial charge in [-0.1, -0.05) is 32.1 Å². The van der Waals surface area contributed by atoms with Crippen LogP contribution in [0.15, 0.2) is 0 Å². The summed E-state index contributed by atoms with van der Waals surface area (Å²) in [6, 6.07) is 0.402. The van der Waals surface area contributed by atoms with Gasteiger partial charge in [0.15, 0.2) is 0 Å². The average molecular weight is 266 g/mol. The number of rotatable bonds is 3. The van der Waals surface area contributed by atoms with Crippen LogP contribution in [0, 0.1) is 11.8 Å². The van der Waals surface area contributed by atoms with E-state index in [-0.39, 0.29) is 5.91 Å². The summed E-state index contributed by atoms with van der Waals surface area (Å²) >= 11 is 0. The number of carbonyl (C=O) groups is 1. The maximum atomic E-state index is 12.3. The molecule has 2 atom stereocenters. The van der Waals surface area contributed by atoms with Crippen LogP contribution in [0.3, 0.4) is 0 Å². The Kier molecular flexibility index (Phi) is 3.81. The fourth-order valence-electron chi connectivity index (χ4n) is 3.74. The Balaban J connectivity index is 1.48. The third-order valence-corrected chi connectivity index (χ3v) is 5.25. The summed E-state index contributed by atoms with van der Waals surface area (Å²) in [5, 5.41) is 3.19. The van der Waals surface area contributed by atoms with E-state index in [9.17, 15) is 4.79 Å². The second-order valence-corrected chi connectivity index (χ2v) is 6.65. The van der Waals surface area contributed by atoms with Gasteiger partial charge in [0.05, 0.1) is 5.54 Å². The number of hydrogen-bond acceptors (Lipinski definition) is 3. The van der Waals surface area contributed by atoms with Gasteiger partial charge in [-0.2, -0.15) is 0 Å². The quantitative estimate of drug-likeness (QED) is 0.815. The molecule has 0 spiro atoms. The Morgan fingerprint density at radius 1 is 1.16 bits per heavy atom. The van der Waals surface area contributed by atoms with Crippen LogP contribution in [-0.2, 0) is 9.53 Å². The Morgan fingerprint density at radius 2 is 1.84 bits per heavy atom. The van der Waals surface area contributed by atoms with Crippen LogP contribution >= 0.6 is 0 Å². The first-order valence-electron chi connectivity index (χ1n) is 7.87. The molecule has 108 valence electrons.